The minimum absolute atomic E-state index is 0.0364. The van der Waals surface area contributed by atoms with Crippen LogP contribution in [0.15, 0.2) is 36.4 Å². The first-order chi connectivity index (χ1) is 13.4. The fraction of sp³-hybridized carbons (Fsp3) is 0.263. The molecule has 0 atom stereocenters. The number of carbonyl (C=O) groups excluding carboxylic acids is 2. The van der Waals surface area contributed by atoms with Gasteiger partial charge in [0.2, 0.25) is 0 Å². The van der Waals surface area contributed by atoms with Gasteiger partial charge in [0.05, 0.1) is 18.7 Å². The van der Waals surface area contributed by atoms with Crippen molar-refractivity contribution in [2.24, 2.45) is 0 Å². The quantitative estimate of drug-likeness (QED) is 0.653. The van der Waals surface area contributed by atoms with Crippen molar-refractivity contribution in [2.75, 3.05) is 20.3 Å². The van der Waals surface area contributed by atoms with Crippen molar-refractivity contribution in [1.82, 2.24) is 10.9 Å². The van der Waals surface area contributed by atoms with E-state index in [1.165, 1.54) is 19.2 Å². The number of amides is 2. The van der Waals surface area contributed by atoms with Gasteiger partial charge in [-0.1, -0.05) is 18.5 Å². The van der Waals surface area contributed by atoms with Crippen molar-refractivity contribution in [1.29, 1.82) is 0 Å². The molecule has 0 radical (unpaired) electrons. The van der Waals surface area contributed by atoms with Gasteiger partial charge in [-0.3, -0.25) is 20.4 Å². The van der Waals surface area contributed by atoms with Crippen LogP contribution in [0.4, 0.5) is 4.39 Å². The van der Waals surface area contributed by atoms with Crippen molar-refractivity contribution in [3.05, 3.63) is 52.8 Å². The molecule has 150 valence electrons. The van der Waals surface area contributed by atoms with Crippen molar-refractivity contribution >= 4 is 23.4 Å². The van der Waals surface area contributed by atoms with Crippen molar-refractivity contribution in [2.45, 2.75) is 13.3 Å². The Morgan fingerprint density at radius 3 is 2.46 bits per heavy atom. The Balaban J connectivity index is 1.87. The monoisotopic (exact) mass is 410 g/mol. The minimum atomic E-state index is -0.622. The lowest BCUT2D eigenvalue weighted by Gasteiger charge is -2.12. The fourth-order valence-electron chi connectivity index (χ4n) is 2.11. The summed E-state index contributed by atoms with van der Waals surface area (Å²) in [7, 11) is 1.47. The maximum atomic E-state index is 13.0. The molecule has 28 heavy (non-hydrogen) atoms. The summed E-state index contributed by atoms with van der Waals surface area (Å²) in [6.45, 7) is 2.08. The lowest BCUT2D eigenvalue weighted by molar-refractivity contribution is -0.123. The molecule has 0 aliphatic rings. The molecule has 0 aliphatic carbocycles. The highest BCUT2D eigenvalue weighted by molar-refractivity contribution is 6.32. The van der Waals surface area contributed by atoms with E-state index >= 15 is 0 Å². The summed E-state index contributed by atoms with van der Waals surface area (Å²) in [6, 6.07) is 8.19. The number of hydrogen-bond donors (Lipinski definition) is 2. The maximum Gasteiger partial charge on any atom is 0.276 e. The third kappa shape index (κ3) is 6.02. The van der Waals surface area contributed by atoms with Crippen LogP contribution in [0.3, 0.4) is 0 Å². The maximum absolute atomic E-state index is 13.0. The third-order valence-electron chi connectivity index (χ3n) is 3.46. The number of hydrazine groups is 1. The Morgan fingerprint density at radius 2 is 1.79 bits per heavy atom. The van der Waals surface area contributed by atoms with Gasteiger partial charge in [0.1, 0.15) is 11.6 Å². The highest BCUT2D eigenvalue weighted by Crippen LogP contribution is 2.28. The van der Waals surface area contributed by atoms with Crippen LogP contribution in [-0.4, -0.2) is 32.1 Å². The van der Waals surface area contributed by atoms with Crippen molar-refractivity contribution in [3.8, 4) is 17.2 Å². The number of halogens is 2. The minimum Gasteiger partial charge on any atom is -0.493 e. The molecular formula is C19H20ClFN2O5. The van der Waals surface area contributed by atoms with E-state index in [4.69, 9.17) is 25.8 Å². The first-order valence-corrected chi connectivity index (χ1v) is 8.80. The molecule has 0 unspecified atom stereocenters. The van der Waals surface area contributed by atoms with E-state index in [2.05, 4.69) is 10.9 Å². The molecule has 0 heterocycles. The molecule has 0 spiro atoms. The van der Waals surface area contributed by atoms with E-state index in [0.29, 0.717) is 18.1 Å². The molecule has 2 aromatic rings. The predicted octanol–water partition coefficient (Wildman–Crippen LogP) is 3.12. The molecule has 0 aliphatic heterocycles. The summed E-state index contributed by atoms with van der Waals surface area (Å²) in [5.41, 5.74) is 4.75. The van der Waals surface area contributed by atoms with E-state index < -0.39 is 24.2 Å². The van der Waals surface area contributed by atoms with Crippen LogP contribution in [0.2, 0.25) is 5.02 Å². The second-order valence-electron chi connectivity index (χ2n) is 5.58. The molecule has 0 fully saturated rings. The SMILES string of the molecule is CCCOc1ccc(C(=O)NNC(=O)COc2ccc(F)cc2Cl)cc1OC. The van der Waals surface area contributed by atoms with Gasteiger partial charge in [0, 0.05) is 5.56 Å². The second-order valence-corrected chi connectivity index (χ2v) is 5.99. The van der Waals surface area contributed by atoms with Gasteiger partial charge in [-0.05, 0) is 42.8 Å². The molecule has 0 aromatic heterocycles. The normalized spacial score (nSPS) is 10.1. The average molecular weight is 411 g/mol. The Labute approximate surface area is 166 Å². The molecule has 0 saturated carbocycles. The number of rotatable bonds is 8. The zero-order valence-electron chi connectivity index (χ0n) is 15.4. The number of methoxy groups -OCH3 is 1. The van der Waals surface area contributed by atoms with Crippen LogP contribution in [0.25, 0.3) is 0 Å². The lowest BCUT2D eigenvalue weighted by atomic mass is 10.2. The largest absolute Gasteiger partial charge is 0.493 e. The van der Waals surface area contributed by atoms with Gasteiger partial charge < -0.3 is 14.2 Å². The van der Waals surface area contributed by atoms with Gasteiger partial charge in [0.15, 0.2) is 18.1 Å². The Kier molecular flexibility index (Phi) is 7.88. The number of ether oxygens (including phenoxy) is 3. The summed E-state index contributed by atoms with van der Waals surface area (Å²) in [5, 5.41) is 0.0364. The van der Waals surface area contributed by atoms with Crippen molar-refractivity contribution < 1.29 is 28.2 Å². The van der Waals surface area contributed by atoms with Gasteiger partial charge in [-0.2, -0.15) is 0 Å². The van der Waals surface area contributed by atoms with E-state index in [0.717, 1.165) is 18.6 Å². The van der Waals surface area contributed by atoms with Gasteiger partial charge in [-0.25, -0.2) is 4.39 Å². The summed E-state index contributed by atoms with van der Waals surface area (Å²) in [6.07, 6.45) is 0.836. The van der Waals surface area contributed by atoms with Gasteiger partial charge in [-0.15, -0.1) is 0 Å². The van der Waals surface area contributed by atoms with Crippen molar-refractivity contribution in [3.63, 3.8) is 0 Å². The number of benzene rings is 2. The van der Waals surface area contributed by atoms with Crippen LogP contribution in [-0.2, 0) is 4.79 Å². The smallest absolute Gasteiger partial charge is 0.276 e. The molecule has 2 aromatic carbocycles. The third-order valence-corrected chi connectivity index (χ3v) is 3.75. The zero-order valence-corrected chi connectivity index (χ0v) is 16.1. The van der Waals surface area contributed by atoms with Crippen LogP contribution < -0.4 is 25.1 Å². The molecule has 0 saturated heterocycles. The highest BCUT2D eigenvalue weighted by Gasteiger charge is 2.13. The Hall–Kier alpha value is -3.00. The van der Waals surface area contributed by atoms with Crippen LogP contribution in [0.5, 0.6) is 17.2 Å². The molecule has 9 heteroatoms. The molecular weight excluding hydrogens is 391 g/mol. The highest BCUT2D eigenvalue weighted by atomic mass is 35.5. The van der Waals surface area contributed by atoms with E-state index in [-0.39, 0.29) is 16.3 Å². The number of carbonyl (C=O) groups is 2. The first-order valence-electron chi connectivity index (χ1n) is 8.42. The van der Waals surface area contributed by atoms with Crippen LogP contribution >= 0.6 is 11.6 Å². The Morgan fingerprint density at radius 1 is 1.04 bits per heavy atom. The van der Waals surface area contributed by atoms with Gasteiger partial charge in [0.25, 0.3) is 11.8 Å². The van der Waals surface area contributed by atoms with E-state index in [9.17, 15) is 14.0 Å². The fourth-order valence-corrected chi connectivity index (χ4v) is 2.33. The average Bonchev–Trinajstić information content (AvgIpc) is 2.69. The topological polar surface area (TPSA) is 85.9 Å². The van der Waals surface area contributed by atoms with Gasteiger partial charge >= 0.3 is 0 Å². The van der Waals surface area contributed by atoms with E-state index in [1.54, 1.807) is 12.1 Å². The second kappa shape index (κ2) is 10.4. The molecule has 7 nitrogen and oxygen atoms in total. The van der Waals surface area contributed by atoms with Crippen LogP contribution in [0.1, 0.15) is 23.7 Å². The number of nitrogens with one attached hydrogen (secondary N) is 2. The Bertz CT molecular complexity index is 847. The standard InChI is InChI=1S/C19H20ClFN2O5/c1-3-8-27-16-6-4-12(9-17(16)26-2)19(25)23-22-18(24)11-28-15-7-5-13(21)10-14(15)20/h4-7,9-10H,3,8,11H2,1-2H3,(H,22,24)(H,23,25). The van der Waals surface area contributed by atoms with Crippen LogP contribution in [0, 0.1) is 5.82 Å². The zero-order chi connectivity index (χ0) is 20.5. The summed E-state index contributed by atoms with van der Waals surface area (Å²) >= 11 is 5.80. The molecule has 2 N–H and O–H groups in total. The first kappa shape index (κ1) is 21.3. The summed E-state index contributed by atoms with van der Waals surface area (Å²) in [5.74, 6) is -0.610. The molecule has 2 rings (SSSR count). The predicted molar refractivity (Wildman–Crippen MR) is 101 cm³/mol. The van der Waals surface area contributed by atoms with E-state index in [1.807, 2.05) is 6.92 Å². The lowest BCUT2D eigenvalue weighted by Crippen LogP contribution is -2.43. The summed E-state index contributed by atoms with van der Waals surface area (Å²) < 4.78 is 28.9. The summed E-state index contributed by atoms with van der Waals surface area (Å²) in [4.78, 5) is 24.0. The molecule has 2 amide bonds. The molecule has 0 bridgehead atoms. The number of hydrogen-bond acceptors (Lipinski definition) is 5.